The second-order valence-electron chi connectivity index (χ2n) is 10.7. The molecule has 0 heterocycles. The van der Waals surface area contributed by atoms with Gasteiger partial charge in [0.2, 0.25) is 0 Å². The van der Waals surface area contributed by atoms with Crippen molar-refractivity contribution in [1.82, 2.24) is 0 Å². The van der Waals surface area contributed by atoms with Gasteiger partial charge in [-0.15, -0.1) is 0 Å². The van der Waals surface area contributed by atoms with Crippen LogP contribution in [0.25, 0.3) is 5.57 Å². The van der Waals surface area contributed by atoms with E-state index in [-0.39, 0.29) is 5.41 Å². The molecule has 2 rings (SSSR count). The molecule has 1 aromatic carbocycles. The number of fused-ring (bicyclic) bond motifs is 1. The number of allylic oxidation sites excluding steroid dienone is 5. The normalized spacial score (nSPS) is 15.4. The molecule has 0 nitrogen and oxygen atoms in total. The summed E-state index contributed by atoms with van der Waals surface area (Å²) < 4.78 is 0. The van der Waals surface area contributed by atoms with Crippen LogP contribution in [0.3, 0.4) is 0 Å². The van der Waals surface area contributed by atoms with Gasteiger partial charge < -0.3 is 0 Å². The van der Waals surface area contributed by atoms with E-state index in [0.717, 1.165) is 0 Å². The second-order valence-corrected chi connectivity index (χ2v) is 10.7. The Bertz CT molecular complexity index is 757. The highest BCUT2D eigenvalue weighted by Gasteiger charge is 2.42. The second kappa shape index (κ2) is 14.6. The molecule has 0 spiro atoms. The summed E-state index contributed by atoms with van der Waals surface area (Å²) in [7, 11) is 0. The highest BCUT2D eigenvalue weighted by Crippen LogP contribution is 2.53. The molecule has 1 aliphatic rings. The number of benzene rings is 1. The Labute approximate surface area is 206 Å². The molecule has 0 unspecified atom stereocenters. The highest BCUT2D eigenvalue weighted by atomic mass is 14.4. The van der Waals surface area contributed by atoms with E-state index >= 15 is 0 Å². The Morgan fingerprint density at radius 1 is 0.818 bits per heavy atom. The smallest absolute Gasteiger partial charge is 0.0215 e. The monoisotopic (exact) mass is 448 g/mol. The van der Waals surface area contributed by atoms with Gasteiger partial charge in [0.25, 0.3) is 0 Å². The summed E-state index contributed by atoms with van der Waals surface area (Å²) >= 11 is 0. The van der Waals surface area contributed by atoms with Crippen molar-refractivity contribution in [2.24, 2.45) is 5.92 Å². The molecule has 0 saturated carbocycles. The van der Waals surface area contributed by atoms with Gasteiger partial charge in [0.15, 0.2) is 0 Å². The first-order valence-electron chi connectivity index (χ1n) is 14.2. The third-order valence-electron chi connectivity index (χ3n) is 7.94. The minimum Gasteiger partial charge on any atom is -0.0984 e. The number of unbranched alkanes of at least 4 members (excludes halogenated alkanes) is 10. The summed E-state index contributed by atoms with van der Waals surface area (Å²) in [6, 6.07) is 9.25. The van der Waals surface area contributed by atoms with Crippen LogP contribution in [0.4, 0.5) is 0 Å². The van der Waals surface area contributed by atoms with Gasteiger partial charge in [0.1, 0.15) is 0 Å². The molecule has 0 atom stereocenters. The van der Waals surface area contributed by atoms with Gasteiger partial charge in [-0.2, -0.15) is 0 Å². The van der Waals surface area contributed by atoms with Crippen LogP contribution < -0.4 is 0 Å². The Balaban J connectivity index is 2.37. The summed E-state index contributed by atoms with van der Waals surface area (Å²) in [5, 5.41) is 0. The lowest BCUT2D eigenvalue weighted by atomic mass is 9.69. The maximum absolute atomic E-state index is 4.28. The molecule has 1 aliphatic carbocycles. The standard InChI is InChI=1S/C33H52/c1-7-10-12-14-16-20-24-33(25-21-17-15-13-11-8-2)31-23-19-18-22-30(31)29(9-3)32(33)26-28(6)27(4)5/h9,18-19,22-23,26-27H,3,7-8,10-17,20-21,24-25H2,1-2,4-6H3/b28-26+. The van der Waals surface area contributed by atoms with Gasteiger partial charge in [-0.3, -0.25) is 0 Å². The first-order valence-corrected chi connectivity index (χ1v) is 14.2. The summed E-state index contributed by atoms with van der Waals surface area (Å²) in [6.07, 6.45) is 23.6. The molecule has 0 heteroatoms. The molecule has 33 heavy (non-hydrogen) atoms. The van der Waals surface area contributed by atoms with E-state index in [1.54, 1.807) is 11.1 Å². The van der Waals surface area contributed by atoms with E-state index in [4.69, 9.17) is 0 Å². The van der Waals surface area contributed by atoms with Crippen molar-refractivity contribution in [2.75, 3.05) is 0 Å². The van der Waals surface area contributed by atoms with Gasteiger partial charge in [-0.25, -0.2) is 0 Å². The first-order chi connectivity index (χ1) is 16.0. The van der Waals surface area contributed by atoms with Gasteiger partial charge in [-0.1, -0.05) is 153 Å². The Kier molecular flexibility index (Phi) is 12.3. The third kappa shape index (κ3) is 7.46. The van der Waals surface area contributed by atoms with Crippen molar-refractivity contribution in [3.05, 3.63) is 65.3 Å². The van der Waals surface area contributed by atoms with Gasteiger partial charge in [0, 0.05) is 5.41 Å². The third-order valence-corrected chi connectivity index (χ3v) is 7.94. The van der Waals surface area contributed by atoms with Crippen molar-refractivity contribution >= 4 is 5.57 Å². The van der Waals surface area contributed by atoms with Gasteiger partial charge in [0.05, 0.1) is 0 Å². The van der Waals surface area contributed by atoms with Crippen LogP contribution in [0, 0.1) is 5.92 Å². The van der Waals surface area contributed by atoms with Crippen LogP contribution >= 0.6 is 0 Å². The van der Waals surface area contributed by atoms with Crippen LogP contribution in [0.5, 0.6) is 0 Å². The molecule has 0 saturated heterocycles. The van der Waals surface area contributed by atoms with Gasteiger partial charge in [-0.05, 0) is 48.0 Å². The number of rotatable bonds is 17. The Morgan fingerprint density at radius 3 is 1.85 bits per heavy atom. The van der Waals surface area contributed by atoms with Crippen LogP contribution in [-0.2, 0) is 5.41 Å². The fourth-order valence-electron chi connectivity index (χ4n) is 5.59. The number of hydrogen-bond acceptors (Lipinski definition) is 0. The molecule has 1 aromatic rings. The summed E-state index contributed by atoms with van der Waals surface area (Å²) in [5.74, 6) is 0.577. The molecule has 184 valence electrons. The maximum Gasteiger partial charge on any atom is 0.0215 e. The van der Waals surface area contributed by atoms with Crippen LogP contribution in [-0.4, -0.2) is 0 Å². The Morgan fingerprint density at radius 2 is 1.33 bits per heavy atom. The highest BCUT2D eigenvalue weighted by molar-refractivity contribution is 5.87. The first kappa shape index (κ1) is 27.7. The SMILES string of the molecule is C=CC1=C(/C=C(\C)C(C)C)C(CCCCCCCC)(CCCCCCCC)c2ccccc21. The average molecular weight is 449 g/mol. The van der Waals surface area contributed by atoms with Gasteiger partial charge >= 0.3 is 0 Å². The summed E-state index contributed by atoms with van der Waals surface area (Å²) in [4.78, 5) is 0. The quantitative estimate of drug-likeness (QED) is 0.208. The molecule has 0 N–H and O–H groups in total. The van der Waals surface area contributed by atoms with E-state index in [9.17, 15) is 0 Å². The zero-order valence-corrected chi connectivity index (χ0v) is 22.6. The minimum atomic E-state index is 0.159. The van der Waals surface area contributed by atoms with E-state index in [2.05, 4.69) is 77.6 Å². The van der Waals surface area contributed by atoms with Crippen molar-refractivity contribution in [3.63, 3.8) is 0 Å². The lowest BCUT2D eigenvalue weighted by molar-refractivity contribution is 0.394. The maximum atomic E-state index is 4.28. The molecular weight excluding hydrogens is 396 g/mol. The fraction of sp³-hybridized carbons (Fsp3) is 0.636. The van der Waals surface area contributed by atoms with E-state index < -0.39 is 0 Å². The fourth-order valence-corrected chi connectivity index (χ4v) is 5.59. The predicted octanol–water partition coefficient (Wildman–Crippen LogP) is 11.0. The zero-order chi connectivity index (χ0) is 24.1. The zero-order valence-electron chi connectivity index (χ0n) is 22.6. The van der Waals surface area contributed by atoms with Crippen molar-refractivity contribution in [2.45, 2.75) is 130 Å². The van der Waals surface area contributed by atoms with Crippen LogP contribution in [0.2, 0.25) is 0 Å². The topological polar surface area (TPSA) is 0 Å². The van der Waals surface area contributed by atoms with E-state index in [1.165, 1.54) is 107 Å². The largest absolute Gasteiger partial charge is 0.0984 e. The summed E-state index contributed by atoms with van der Waals surface area (Å²) in [5.41, 5.74) is 7.62. The molecule has 0 amide bonds. The average Bonchev–Trinajstić information content (AvgIpc) is 3.07. The van der Waals surface area contributed by atoms with Crippen LogP contribution in [0.1, 0.15) is 136 Å². The molecule has 0 bridgehead atoms. The van der Waals surface area contributed by atoms with Crippen molar-refractivity contribution in [1.29, 1.82) is 0 Å². The molecule has 0 fully saturated rings. The predicted molar refractivity (Wildman–Crippen MR) is 150 cm³/mol. The van der Waals surface area contributed by atoms with Crippen LogP contribution in [0.15, 0.2) is 54.1 Å². The Hall–Kier alpha value is -1.56. The number of hydrogen-bond donors (Lipinski definition) is 0. The lowest BCUT2D eigenvalue weighted by Gasteiger charge is -2.34. The lowest BCUT2D eigenvalue weighted by Crippen LogP contribution is -2.26. The molecule has 0 radical (unpaired) electrons. The molecule has 0 aliphatic heterocycles. The van der Waals surface area contributed by atoms with Crippen molar-refractivity contribution < 1.29 is 0 Å². The van der Waals surface area contributed by atoms with Crippen molar-refractivity contribution in [3.8, 4) is 0 Å². The minimum absolute atomic E-state index is 0.159. The molecule has 0 aromatic heterocycles. The molecular formula is C33H52. The summed E-state index contributed by atoms with van der Waals surface area (Å²) in [6.45, 7) is 15.9. The van der Waals surface area contributed by atoms with E-state index in [0.29, 0.717) is 5.92 Å². The van der Waals surface area contributed by atoms with E-state index in [1.807, 2.05) is 0 Å².